The number of thiocarbonyl (C=S) groups is 1. The second kappa shape index (κ2) is 6.45. The Morgan fingerprint density at radius 2 is 2.20 bits per heavy atom. The second-order valence-electron chi connectivity index (χ2n) is 5.25. The minimum Gasteiger partial charge on any atom is -0.389 e. The van der Waals surface area contributed by atoms with Crippen molar-refractivity contribution < 1.29 is 4.74 Å². The monoisotopic (exact) mass is 294 g/mol. The molecule has 0 bridgehead atoms. The first-order chi connectivity index (χ1) is 9.54. The van der Waals surface area contributed by atoms with Gasteiger partial charge in [-0.15, -0.1) is 5.10 Å². The minimum absolute atomic E-state index is 0.329. The van der Waals surface area contributed by atoms with E-state index in [-0.39, 0.29) is 0 Å². The van der Waals surface area contributed by atoms with E-state index in [1.807, 2.05) is 13.8 Å². The number of aromatic nitrogens is 2. The molecule has 6 heteroatoms. The fourth-order valence-electron chi connectivity index (χ4n) is 2.64. The maximum atomic E-state index is 5.82. The highest BCUT2D eigenvalue weighted by Gasteiger charge is 2.27. The van der Waals surface area contributed by atoms with Crippen LogP contribution < -0.4 is 11.1 Å². The van der Waals surface area contributed by atoms with E-state index in [4.69, 9.17) is 22.7 Å². The van der Waals surface area contributed by atoms with Crippen LogP contribution in [0.5, 0.6) is 0 Å². The SMILES string of the molecule is CCC1OCCC1CNc1nnc(C)c(C)c1C(N)=S. The zero-order valence-corrected chi connectivity index (χ0v) is 13.1. The van der Waals surface area contributed by atoms with Gasteiger partial charge in [0.15, 0.2) is 5.82 Å². The standard InChI is InChI=1S/C14H22N4OS/c1-4-11-10(5-6-19-11)7-16-14-12(13(15)20)8(2)9(3)17-18-14/h10-11H,4-7H2,1-3H3,(H2,15,20)(H,16,18). The van der Waals surface area contributed by atoms with Gasteiger partial charge in [-0.1, -0.05) is 19.1 Å². The lowest BCUT2D eigenvalue weighted by Crippen LogP contribution is -2.25. The lowest BCUT2D eigenvalue weighted by atomic mass is 9.99. The summed E-state index contributed by atoms with van der Waals surface area (Å²) in [6.45, 7) is 7.68. The number of rotatable bonds is 5. The molecule has 2 atom stereocenters. The molecule has 3 N–H and O–H groups in total. The summed E-state index contributed by atoms with van der Waals surface area (Å²) in [7, 11) is 0. The van der Waals surface area contributed by atoms with Gasteiger partial charge in [0.05, 0.1) is 17.4 Å². The van der Waals surface area contributed by atoms with E-state index in [0.29, 0.717) is 22.8 Å². The van der Waals surface area contributed by atoms with E-state index in [1.165, 1.54) is 0 Å². The average molecular weight is 294 g/mol. The van der Waals surface area contributed by atoms with E-state index in [9.17, 15) is 0 Å². The molecule has 0 spiro atoms. The van der Waals surface area contributed by atoms with E-state index in [0.717, 1.165) is 42.8 Å². The Bertz CT molecular complexity index is 506. The fourth-order valence-corrected chi connectivity index (χ4v) is 2.89. The Morgan fingerprint density at radius 3 is 2.85 bits per heavy atom. The molecule has 1 saturated heterocycles. The van der Waals surface area contributed by atoms with Gasteiger partial charge in [0, 0.05) is 19.1 Å². The van der Waals surface area contributed by atoms with Gasteiger partial charge in [-0.05, 0) is 32.3 Å². The van der Waals surface area contributed by atoms with Gasteiger partial charge in [-0.3, -0.25) is 0 Å². The predicted octanol–water partition coefficient (Wildman–Crippen LogP) is 1.95. The lowest BCUT2D eigenvalue weighted by Gasteiger charge is -2.19. The molecule has 0 saturated carbocycles. The molecule has 0 radical (unpaired) electrons. The van der Waals surface area contributed by atoms with E-state index < -0.39 is 0 Å². The third-order valence-corrected chi connectivity index (χ3v) is 4.19. The summed E-state index contributed by atoms with van der Waals surface area (Å²) < 4.78 is 5.70. The van der Waals surface area contributed by atoms with Crippen molar-refractivity contribution in [1.82, 2.24) is 10.2 Å². The predicted molar refractivity (Wildman–Crippen MR) is 84.0 cm³/mol. The van der Waals surface area contributed by atoms with Crippen molar-refractivity contribution in [2.24, 2.45) is 11.7 Å². The summed E-state index contributed by atoms with van der Waals surface area (Å²) >= 11 is 5.14. The summed E-state index contributed by atoms with van der Waals surface area (Å²) in [4.78, 5) is 0.359. The van der Waals surface area contributed by atoms with Crippen molar-refractivity contribution in [3.63, 3.8) is 0 Å². The molecule has 2 unspecified atom stereocenters. The van der Waals surface area contributed by atoms with Crippen LogP contribution in [0.3, 0.4) is 0 Å². The zero-order valence-electron chi connectivity index (χ0n) is 12.3. The summed E-state index contributed by atoms with van der Waals surface area (Å²) in [5.74, 6) is 1.19. The Morgan fingerprint density at radius 1 is 1.45 bits per heavy atom. The molecule has 0 aromatic carbocycles. The highest BCUT2D eigenvalue weighted by molar-refractivity contribution is 7.80. The summed E-state index contributed by atoms with van der Waals surface area (Å²) in [5, 5.41) is 11.7. The van der Waals surface area contributed by atoms with Gasteiger partial charge < -0.3 is 15.8 Å². The van der Waals surface area contributed by atoms with Crippen LogP contribution in [-0.4, -0.2) is 34.4 Å². The summed E-state index contributed by atoms with van der Waals surface area (Å²) in [6, 6.07) is 0. The number of aryl methyl sites for hydroxylation is 1. The van der Waals surface area contributed by atoms with Gasteiger partial charge in [0.2, 0.25) is 0 Å². The topological polar surface area (TPSA) is 73.1 Å². The molecule has 1 fully saturated rings. The zero-order chi connectivity index (χ0) is 14.7. The van der Waals surface area contributed by atoms with Crippen molar-refractivity contribution in [2.45, 2.75) is 39.7 Å². The second-order valence-corrected chi connectivity index (χ2v) is 5.69. The first-order valence-electron chi connectivity index (χ1n) is 7.03. The molecule has 1 aliphatic rings. The highest BCUT2D eigenvalue weighted by atomic mass is 32.1. The fraction of sp³-hybridized carbons (Fsp3) is 0.643. The molecule has 20 heavy (non-hydrogen) atoms. The molecule has 1 aromatic rings. The molecule has 5 nitrogen and oxygen atoms in total. The van der Waals surface area contributed by atoms with Gasteiger partial charge in [-0.25, -0.2) is 0 Å². The van der Waals surface area contributed by atoms with Crippen LogP contribution in [0, 0.1) is 19.8 Å². The molecule has 0 amide bonds. The maximum Gasteiger partial charge on any atom is 0.159 e. The summed E-state index contributed by atoms with van der Waals surface area (Å²) in [5.41, 5.74) is 8.47. The van der Waals surface area contributed by atoms with Crippen molar-refractivity contribution in [2.75, 3.05) is 18.5 Å². The number of nitrogens with two attached hydrogens (primary N) is 1. The van der Waals surface area contributed by atoms with Crippen LogP contribution in [0.1, 0.15) is 36.6 Å². The molecule has 1 aromatic heterocycles. The largest absolute Gasteiger partial charge is 0.389 e. The van der Waals surface area contributed by atoms with Crippen LogP contribution in [0.25, 0.3) is 0 Å². The van der Waals surface area contributed by atoms with E-state index in [2.05, 4.69) is 22.4 Å². The van der Waals surface area contributed by atoms with Crippen molar-refractivity contribution in [3.8, 4) is 0 Å². The maximum absolute atomic E-state index is 5.82. The molecular formula is C14H22N4OS. The number of ether oxygens (including phenoxy) is 1. The van der Waals surface area contributed by atoms with Crippen molar-refractivity contribution >= 4 is 23.0 Å². The Balaban J connectivity index is 2.13. The van der Waals surface area contributed by atoms with E-state index >= 15 is 0 Å². The van der Waals surface area contributed by atoms with Crippen molar-refractivity contribution in [1.29, 1.82) is 0 Å². The Hall–Kier alpha value is -1.27. The third-order valence-electron chi connectivity index (χ3n) is 3.98. The number of hydrogen-bond acceptors (Lipinski definition) is 5. The van der Waals surface area contributed by atoms with Crippen LogP contribution in [0.4, 0.5) is 5.82 Å². The summed E-state index contributed by atoms with van der Waals surface area (Å²) in [6.07, 6.45) is 2.44. The van der Waals surface area contributed by atoms with Crippen LogP contribution in [0.15, 0.2) is 0 Å². The number of nitrogens with zero attached hydrogens (tertiary/aromatic N) is 2. The quantitative estimate of drug-likeness (QED) is 0.809. The van der Waals surface area contributed by atoms with Crippen LogP contribution in [0.2, 0.25) is 0 Å². The average Bonchev–Trinajstić information content (AvgIpc) is 2.87. The molecular weight excluding hydrogens is 272 g/mol. The van der Waals surface area contributed by atoms with Crippen LogP contribution >= 0.6 is 12.2 Å². The molecule has 110 valence electrons. The number of hydrogen-bond donors (Lipinski definition) is 2. The number of nitrogens with one attached hydrogen (secondary N) is 1. The Kier molecular flexibility index (Phi) is 4.88. The van der Waals surface area contributed by atoms with Crippen LogP contribution in [-0.2, 0) is 4.74 Å². The number of anilines is 1. The minimum atomic E-state index is 0.329. The first kappa shape index (κ1) is 15.1. The Labute approximate surface area is 125 Å². The van der Waals surface area contributed by atoms with Gasteiger partial charge in [0.1, 0.15) is 4.99 Å². The van der Waals surface area contributed by atoms with Crippen molar-refractivity contribution in [3.05, 3.63) is 16.8 Å². The smallest absolute Gasteiger partial charge is 0.159 e. The van der Waals surface area contributed by atoms with Gasteiger partial charge >= 0.3 is 0 Å². The highest BCUT2D eigenvalue weighted by Crippen LogP contribution is 2.25. The lowest BCUT2D eigenvalue weighted by molar-refractivity contribution is 0.0900. The molecule has 0 aliphatic carbocycles. The molecule has 2 heterocycles. The van der Waals surface area contributed by atoms with E-state index in [1.54, 1.807) is 0 Å². The molecule has 1 aliphatic heterocycles. The van der Waals surface area contributed by atoms with Gasteiger partial charge in [0.25, 0.3) is 0 Å². The van der Waals surface area contributed by atoms with Gasteiger partial charge in [-0.2, -0.15) is 5.10 Å². The normalized spacial score (nSPS) is 21.9. The first-order valence-corrected chi connectivity index (χ1v) is 7.44. The molecule has 2 rings (SSSR count). The third kappa shape index (κ3) is 3.07.